The van der Waals surface area contributed by atoms with Crippen molar-refractivity contribution < 1.29 is 27.5 Å². The van der Waals surface area contributed by atoms with E-state index in [0.29, 0.717) is 23.0 Å². The molecular weight excluding hydrogens is 487 g/mol. The van der Waals surface area contributed by atoms with Crippen molar-refractivity contribution in [2.75, 3.05) is 10.6 Å². The second kappa shape index (κ2) is 11.0. The fraction of sp³-hybridized carbons (Fsp3) is 0.385. The number of anilines is 3. The highest BCUT2D eigenvalue weighted by molar-refractivity contribution is 6.00. The van der Waals surface area contributed by atoms with E-state index in [1.165, 1.54) is 18.5 Å². The molecule has 0 aliphatic carbocycles. The van der Waals surface area contributed by atoms with E-state index in [9.17, 15) is 22.8 Å². The van der Waals surface area contributed by atoms with Crippen molar-refractivity contribution in [2.45, 2.75) is 58.9 Å². The number of hydrogen-bond donors (Lipinski definition) is 3. The number of aromatic nitrogens is 2. The molecule has 1 aromatic heterocycles. The van der Waals surface area contributed by atoms with Crippen molar-refractivity contribution in [3.05, 3.63) is 54.4 Å². The average molecular weight is 518 g/mol. The first kappa shape index (κ1) is 27.7. The summed E-state index contributed by atoms with van der Waals surface area (Å²) >= 11 is 0. The molecule has 8 nitrogen and oxygen atoms in total. The maximum atomic E-state index is 13.1. The summed E-state index contributed by atoms with van der Waals surface area (Å²) < 4.78 is 44.6. The second-order valence-electron chi connectivity index (χ2n) is 9.66. The molecule has 2 atom stereocenters. The van der Waals surface area contributed by atoms with Gasteiger partial charge in [-0.15, -0.1) is 0 Å². The normalized spacial score (nSPS) is 13.5. The molecular formula is C26H30F3N5O3. The lowest BCUT2D eigenvalue weighted by atomic mass is 9.98. The quantitative estimate of drug-likeness (QED) is 0.341. The van der Waals surface area contributed by atoms with Crippen molar-refractivity contribution in [1.82, 2.24) is 15.3 Å². The summed E-state index contributed by atoms with van der Waals surface area (Å²) in [5, 5.41) is 8.82. The van der Waals surface area contributed by atoms with Gasteiger partial charge in [-0.1, -0.05) is 26.3 Å². The summed E-state index contributed by atoms with van der Waals surface area (Å²) in [7, 11) is 0. The Morgan fingerprint density at radius 2 is 1.76 bits per heavy atom. The van der Waals surface area contributed by atoms with Crippen LogP contribution in [0, 0.1) is 5.92 Å². The van der Waals surface area contributed by atoms with Crippen LogP contribution in [0.15, 0.2) is 48.8 Å². The molecule has 0 aliphatic heterocycles. The topological polar surface area (TPSA) is 105 Å². The van der Waals surface area contributed by atoms with E-state index in [1.807, 2.05) is 13.8 Å². The Balaban J connectivity index is 1.85. The lowest BCUT2D eigenvalue weighted by Crippen LogP contribution is -2.49. The second-order valence-corrected chi connectivity index (χ2v) is 9.66. The zero-order chi connectivity index (χ0) is 27.4. The number of ether oxygens (including phenoxy) is 1. The van der Waals surface area contributed by atoms with Crippen molar-refractivity contribution in [1.29, 1.82) is 0 Å². The van der Waals surface area contributed by atoms with Crippen LogP contribution < -0.4 is 16.0 Å². The summed E-state index contributed by atoms with van der Waals surface area (Å²) in [5.41, 5.74) is -0.395. The van der Waals surface area contributed by atoms with Gasteiger partial charge in [-0.25, -0.2) is 14.8 Å². The zero-order valence-electron chi connectivity index (χ0n) is 21.2. The third kappa shape index (κ3) is 7.55. The van der Waals surface area contributed by atoms with Crippen molar-refractivity contribution in [3.8, 4) is 0 Å². The molecule has 2 amide bonds. The number of fused-ring (bicyclic) bond motifs is 1. The van der Waals surface area contributed by atoms with Gasteiger partial charge >= 0.3 is 12.3 Å². The van der Waals surface area contributed by atoms with Crippen LogP contribution in [0.3, 0.4) is 0 Å². The number of halogens is 3. The highest BCUT2D eigenvalue weighted by atomic mass is 19.4. The largest absolute Gasteiger partial charge is 0.444 e. The Labute approximate surface area is 213 Å². The minimum absolute atomic E-state index is 0.186. The van der Waals surface area contributed by atoms with Crippen LogP contribution >= 0.6 is 0 Å². The van der Waals surface area contributed by atoms with Crippen LogP contribution in [0.4, 0.5) is 35.2 Å². The van der Waals surface area contributed by atoms with E-state index >= 15 is 0 Å². The van der Waals surface area contributed by atoms with Gasteiger partial charge in [0.15, 0.2) is 0 Å². The van der Waals surface area contributed by atoms with Crippen molar-refractivity contribution in [2.24, 2.45) is 5.92 Å². The van der Waals surface area contributed by atoms with Gasteiger partial charge < -0.3 is 20.7 Å². The molecule has 0 spiro atoms. The molecule has 0 saturated heterocycles. The Hall–Kier alpha value is -3.89. The molecule has 3 aromatic rings. The Kier molecular flexibility index (Phi) is 8.25. The van der Waals surface area contributed by atoms with Crippen LogP contribution in [-0.4, -0.2) is 33.6 Å². The van der Waals surface area contributed by atoms with Gasteiger partial charge in [-0.3, -0.25) is 4.79 Å². The van der Waals surface area contributed by atoms with Gasteiger partial charge in [-0.05, 0) is 63.1 Å². The van der Waals surface area contributed by atoms with Crippen molar-refractivity contribution >= 4 is 40.1 Å². The summed E-state index contributed by atoms with van der Waals surface area (Å²) in [6, 6.07) is 8.82. The molecule has 1 heterocycles. The highest BCUT2D eigenvalue weighted by Gasteiger charge is 2.31. The maximum Gasteiger partial charge on any atom is 0.416 e. The third-order valence-electron chi connectivity index (χ3n) is 5.52. The van der Waals surface area contributed by atoms with E-state index in [4.69, 9.17) is 4.74 Å². The molecule has 11 heteroatoms. The predicted octanol–water partition coefficient (Wildman–Crippen LogP) is 6.27. The summed E-state index contributed by atoms with van der Waals surface area (Å²) in [5.74, 6) is -0.357. The molecule has 198 valence electrons. The average Bonchev–Trinajstić information content (AvgIpc) is 2.81. The molecule has 3 N–H and O–H groups in total. The molecule has 0 aliphatic rings. The van der Waals surface area contributed by atoms with Crippen LogP contribution in [0.1, 0.15) is 46.6 Å². The first-order chi connectivity index (χ1) is 17.3. The van der Waals surface area contributed by atoms with E-state index < -0.39 is 35.4 Å². The summed E-state index contributed by atoms with van der Waals surface area (Å²) in [6.45, 7) is 8.93. The molecule has 0 fully saturated rings. The number of carbonyl (C=O) groups is 2. The number of nitrogens with one attached hydrogen (secondary N) is 3. The maximum absolute atomic E-state index is 13.1. The Morgan fingerprint density at radius 3 is 2.41 bits per heavy atom. The summed E-state index contributed by atoms with van der Waals surface area (Å²) in [6.07, 6.45) is -3.26. The smallest absolute Gasteiger partial charge is 0.416 e. The third-order valence-corrected chi connectivity index (χ3v) is 5.52. The van der Waals surface area contributed by atoms with E-state index in [-0.39, 0.29) is 17.4 Å². The number of benzene rings is 2. The number of amides is 2. The molecule has 2 aromatic carbocycles. The lowest BCUT2D eigenvalue weighted by molar-refractivity contribution is -0.137. The standard InChI is InChI=1S/C26H30F3N5O3/c1-6-15(2)21(34-24(36)37-25(3,4)5)23(35)33-18-10-11-20-19(13-18)22(31-14-30-20)32-17-9-7-8-16(12-17)26(27,28)29/h7-15,21H,6H2,1-5H3,(H,33,35)(H,34,36)(H,30,31,32)/t15-,21+/m0/s1. The minimum Gasteiger partial charge on any atom is -0.444 e. The SMILES string of the molecule is CC[C@H](C)[C@@H](NC(=O)OC(C)(C)C)C(=O)Nc1ccc2ncnc(Nc3cccc(C(F)(F)F)c3)c2c1. The first-order valence-corrected chi connectivity index (χ1v) is 11.8. The van der Waals surface area contributed by atoms with Crippen molar-refractivity contribution in [3.63, 3.8) is 0 Å². The van der Waals surface area contributed by atoms with Crippen LogP contribution in [-0.2, 0) is 15.7 Å². The monoisotopic (exact) mass is 517 g/mol. The number of alkyl carbamates (subject to hydrolysis) is 1. The highest BCUT2D eigenvalue weighted by Crippen LogP contribution is 2.32. The molecule has 0 unspecified atom stereocenters. The van der Waals surface area contributed by atoms with Gasteiger partial charge in [0, 0.05) is 16.8 Å². The van der Waals surface area contributed by atoms with Gasteiger partial charge in [0.2, 0.25) is 5.91 Å². The molecule has 3 rings (SSSR count). The lowest BCUT2D eigenvalue weighted by Gasteiger charge is -2.26. The number of rotatable bonds is 7. The van der Waals surface area contributed by atoms with E-state index in [2.05, 4.69) is 25.9 Å². The molecule has 37 heavy (non-hydrogen) atoms. The molecule has 0 radical (unpaired) electrons. The van der Waals surface area contributed by atoms with Gasteiger partial charge in [0.05, 0.1) is 11.1 Å². The van der Waals surface area contributed by atoms with E-state index in [0.717, 1.165) is 12.1 Å². The molecule has 0 bridgehead atoms. The number of nitrogens with zero attached hydrogens (tertiary/aromatic N) is 2. The van der Waals surface area contributed by atoms with Gasteiger partial charge in [-0.2, -0.15) is 13.2 Å². The minimum atomic E-state index is -4.48. The van der Waals surface area contributed by atoms with Crippen LogP contribution in [0.5, 0.6) is 0 Å². The van der Waals surface area contributed by atoms with Crippen LogP contribution in [0.25, 0.3) is 10.9 Å². The van der Waals surface area contributed by atoms with Gasteiger partial charge in [0.25, 0.3) is 0 Å². The zero-order valence-corrected chi connectivity index (χ0v) is 21.2. The first-order valence-electron chi connectivity index (χ1n) is 11.8. The predicted molar refractivity (Wildman–Crippen MR) is 136 cm³/mol. The Morgan fingerprint density at radius 1 is 1.03 bits per heavy atom. The van der Waals surface area contributed by atoms with E-state index in [1.54, 1.807) is 39.0 Å². The van der Waals surface area contributed by atoms with Crippen LogP contribution in [0.2, 0.25) is 0 Å². The molecule has 0 saturated carbocycles. The van der Waals surface area contributed by atoms with Gasteiger partial charge in [0.1, 0.15) is 23.8 Å². The number of alkyl halides is 3. The number of hydrogen-bond acceptors (Lipinski definition) is 6. The fourth-order valence-corrected chi connectivity index (χ4v) is 3.50. The number of carbonyl (C=O) groups excluding carboxylic acids is 2. The Bertz CT molecular complexity index is 1270. The fourth-order valence-electron chi connectivity index (χ4n) is 3.50. The summed E-state index contributed by atoms with van der Waals surface area (Å²) in [4.78, 5) is 33.8.